The molecule has 1 amide bonds. The van der Waals surface area contributed by atoms with Crippen molar-refractivity contribution in [3.8, 4) is 0 Å². The Bertz CT molecular complexity index is 963. The Labute approximate surface area is 164 Å². The molecular weight excluding hydrogens is 354 g/mol. The number of carbonyl (C=O) groups excluding carboxylic acids is 1. The van der Waals surface area contributed by atoms with Gasteiger partial charge >= 0.3 is 0 Å². The Morgan fingerprint density at radius 3 is 2.89 bits per heavy atom. The predicted octanol–water partition coefficient (Wildman–Crippen LogP) is 2.53. The monoisotopic (exact) mass is 381 g/mol. The average molecular weight is 381 g/mol. The molecule has 0 unspecified atom stereocenters. The highest BCUT2D eigenvalue weighted by Crippen LogP contribution is 2.24. The van der Waals surface area contributed by atoms with Crippen LogP contribution in [0.5, 0.6) is 0 Å². The van der Waals surface area contributed by atoms with E-state index in [2.05, 4.69) is 40.9 Å². The lowest BCUT2D eigenvalue weighted by Gasteiger charge is -2.21. The molecule has 4 rings (SSSR count). The van der Waals surface area contributed by atoms with Crippen molar-refractivity contribution in [2.75, 3.05) is 13.1 Å². The van der Waals surface area contributed by atoms with Gasteiger partial charge in [0.1, 0.15) is 5.82 Å². The third-order valence-corrected chi connectivity index (χ3v) is 5.64. The number of nitrogens with one attached hydrogen (secondary N) is 1. The molecule has 1 aromatic carbocycles. The number of carbonyl (C=O) groups is 1. The largest absolute Gasteiger partial charge is 0.391 e. The Hall–Kier alpha value is -2.67. The number of aliphatic hydroxyl groups is 1. The fraction of sp³-hybridized carbons (Fsp3) is 0.476. The predicted molar refractivity (Wildman–Crippen MR) is 107 cm³/mol. The molecule has 0 aliphatic carbocycles. The van der Waals surface area contributed by atoms with E-state index in [0.717, 1.165) is 28.8 Å². The number of H-pyrrole nitrogens is 1. The van der Waals surface area contributed by atoms with Crippen LogP contribution in [0.2, 0.25) is 0 Å². The van der Waals surface area contributed by atoms with Gasteiger partial charge < -0.3 is 19.6 Å². The lowest BCUT2D eigenvalue weighted by Crippen LogP contribution is -2.32. The standard InChI is InChI=1S/C21H27N5O2/c1-14-11-15(2)21-16(12-14)23-19(24-21)3-4-20(28)25-8-5-17(18(27)6-9-25)26-10-7-22-13-26/h7,10-13,17-18,27H,3-6,8-9H2,1-2H3,(H,23,24)/t17-,18-/m0/s1. The number of aromatic amines is 1. The molecule has 0 saturated carbocycles. The topological polar surface area (TPSA) is 87.0 Å². The minimum Gasteiger partial charge on any atom is -0.391 e. The first kappa shape index (κ1) is 18.7. The van der Waals surface area contributed by atoms with Gasteiger partial charge in [-0.05, 0) is 43.9 Å². The fourth-order valence-corrected chi connectivity index (χ4v) is 4.16. The third kappa shape index (κ3) is 3.80. The Morgan fingerprint density at radius 1 is 1.29 bits per heavy atom. The summed E-state index contributed by atoms with van der Waals surface area (Å²) in [5.74, 6) is 0.968. The SMILES string of the molecule is Cc1cc(C)c2nc(CCC(=O)N3CC[C@H](O)[C@@H](n4ccnc4)CC3)[nH]c2c1. The number of amides is 1. The van der Waals surface area contributed by atoms with E-state index in [1.165, 1.54) is 5.56 Å². The van der Waals surface area contributed by atoms with E-state index >= 15 is 0 Å². The van der Waals surface area contributed by atoms with Crippen LogP contribution >= 0.6 is 0 Å². The van der Waals surface area contributed by atoms with Crippen LogP contribution in [-0.4, -0.2) is 54.6 Å². The zero-order valence-electron chi connectivity index (χ0n) is 16.4. The number of aryl methyl sites for hydroxylation is 3. The first-order valence-electron chi connectivity index (χ1n) is 9.90. The van der Waals surface area contributed by atoms with Crippen molar-refractivity contribution in [2.24, 2.45) is 0 Å². The summed E-state index contributed by atoms with van der Waals surface area (Å²) in [5, 5.41) is 10.5. The molecule has 3 aromatic rings. The van der Waals surface area contributed by atoms with Gasteiger partial charge in [-0.15, -0.1) is 0 Å². The maximum Gasteiger partial charge on any atom is 0.223 e. The van der Waals surface area contributed by atoms with Gasteiger partial charge in [0.05, 0.1) is 29.5 Å². The third-order valence-electron chi connectivity index (χ3n) is 5.64. The number of rotatable bonds is 4. The highest BCUT2D eigenvalue weighted by molar-refractivity contribution is 5.80. The van der Waals surface area contributed by atoms with Gasteiger partial charge in [-0.2, -0.15) is 0 Å². The summed E-state index contributed by atoms with van der Waals surface area (Å²) in [5.41, 5.74) is 4.36. The van der Waals surface area contributed by atoms with E-state index in [9.17, 15) is 9.90 Å². The summed E-state index contributed by atoms with van der Waals surface area (Å²) in [4.78, 5) is 26.7. The van der Waals surface area contributed by atoms with Crippen LogP contribution in [0.4, 0.5) is 0 Å². The van der Waals surface area contributed by atoms with Crippen molar-refractivity contribution in [1.29, 1.82) is 0 Å². The van der Waals surface area contributed by atoms with Gasteiger partial charge in [0, 0.05) is 38.3 Å². The van der Waals surface area contributed by atoms with Crippen LogP contribution in [0.25, 0.3) is 11.0 Å². The summed E-state index contributed by atoms with van der Waals surface area (Å²) in [6.07, 6.45) is 7.18. The molecule has 148 valence electrons. The molecule has 1 saturated heterocycles. The maximum absolute atomic E-state index is 12.7. The quantitative estimate of drug-likeness (QED) is 0.727. The highest BCUT2D eigenvalue weighted by Gasteiger charge is 2.27. The number of aromatic nitrogens is 4. The number of fused-ring (bicyclic) bond motifs is 1. The molecule has 1 aliphatic rings. The van der Waals surface area contributed by atoms with E-state index in [1.54, 1.807) is 12.5 Å². The van der Waals surface area contributed by atoms with Crippen LogP contribution in [0.15, 0.2) is 30.9 Å². The van der Waals surface area contributed by atoms with Gasteiger partial charge in [-0.3, -0.25) is 4.79 Å². The zero-order chi connectivity index (χ0) is 19.7. The number of benzene rings is 1. The van der Waals surface area contributed by atoms with E-state index in [0.29, 0.717) is 32.4 Å². The van der Waals surface area contributed by atoms with E-state index in [1.807, 2.05) is 15.7 Å². The molecule has 7 heteroatoms. The van der Waals surface area contributed by atoms with Crippen molar-refractivity contribution >= 4 is 16.9 Å². The van der Waals surface area contributed by atoms with Crippen LogP contribution in [-0.2, 0) is 11.2 Å². The Morgan fingerprint density at radius 2 is 2.11 bits per heavy atom. The van der Waals surface area contributed by atoms with Crippen LogP contribution in [0.3, 0.4) is 0 Å². The summed E-state index contributed by atoms with van der Waals surface area (Å²) in [6, 6.07) is 4.19. The van der Waals surface area contributed by atoms with Crippen LogP contribution < -0.4 is 0 Å². The highest BCUT2D eigenvalue weighted by atomic mass is 16.3. The molecule has 3 heterocycles. The van der Waals surface area contributed by atoms with Gasteiger partial charge in [0.2, 0.25) is 5.91 Å². The molecule has 0 spiro atoms. The van der Waals surface area contributed by atoms with Crippen LogP contribution in [0, 0.1) is 13.8 Å². The molecule has 7 nitrogen and oxygen atoms in total. The molecule has 2 atom stereocenters. The average Bonchev–Trinajstić information content (AvgIpc) is 3.28. The van der Waals surface area contributed by atoms with Crippen molar-refractivity contribution in [3.63, 3.8) is 0 Å². The first-order valence-corrected chi connectivity index (χ1v) is 9.90. The molecule has 28 heavy (non-hydrogen) atoms. The van der Waals surface area contributed by atoms with Gasteiger partial charge in [-0.1, -0.05) is 6.07 Å². The second kappa shape index (κ2) is 7.75. The lowest BCUT2D eigenvalue weighted by atomic mass is 10.1. The van der Waals surface area contributed by atoms with Crippen molar-refractivity contribution in [3.05, 3.63) is 47.8 Å². The lowest BCUT2D eigenvalue weighted by molar-refractivity contribution is -0.131. The summed E-state index contributed by atoms with van der Waals surface area (Å²) in [6.45, 7) is 5.37. The fourth-order valence-electron chi connectivity index (χ4n) is 4.16. The summed E-state index contributed by atoms with van der Waals surface area (Å²) >= 11 is 0. The van der Waals surface area contributed by atoms with Gasteiger partial charge in [0.15, 0.2) is 0 Å². The second-order valence-electron chi connectivity index (χ2n) is 7.76. The molecule has 2 N–H and O–H groups in total. The molecule has 0 radical (unpaired) electrons. The number of nitrogens with zero attached hydrogens (tertiary/aromatic N) is 4. The first-order chi connectivity index (χ1) is 13.5. The minimum atomic E-state index is -0.464. The maximum atomic E-state index is 12.7. The number of hydrogen-bond donors (Lipinski definition) is 2. The van der Waals surface area contributed by atoms with Gasteiger partial charge in [0.25, 0.3) is 0 Å². The summed E-state index contributed by atoms with van der Waals surface area (Å²) < 4.78 is 1.94. The molecule has 0 bridgehead atoms. The molecule has 1 fully saturated rings. The van der Waals surface area contributed by atoms with E-state index < -0.39 is 6.10 Å². The smallest absolute Gasteiger partial charge is 0.223 e. The molecule has 2 aromatic heterocycles. The van der Waals surface area contributed by atoms with E-state index in [-0.39, 0.29) is 11.9 Å². The van der Waals surface area contributed by atoms with Crippen LogP contribution in [0.1, 0.15) is 42.3 Å². The Balaban J connectivity index is 1.38. The van der Waals surface area contributed by atoms with Crippen molar-refractivity contribution in [1.82, 2.24) is 24.4 Å². The number of hydrogen-bond acceptors (Lipinski definition) is 4. The summed E-state index contributed by atoms with van der Waals surface area (Å²) in [7, 11) is 0. The van der Waals surface area contributed by atoms with Crippen molar-refractivity contribution < 1.29 is 9.90 Å². The molecular formula is C21H27N5O2. The second-order valence-corrected chi connectivity index (χ2v) is 7.76. The van der Waals surface area contributed by atoms with Gasteiger partial charge in [-0.25, -0.2) is 9.97 Å². The number of aliphatic hydroxyl groups excluding tert-OH is 1. The number of likely N-dealkylation sites (tertiary alicyclic amines) is 1. The number of imidazole rings is 2. The van der Waals surface area contributed by atoms with E-state index in [4.69, 9.17) is 0 Å². The van der Waals surface area contributed by atoms with Crippen molar-refractivity contribution in [2.45, 2.75) is 51.7 Å². The zero-order valence-corrected chi connectivity index (χ0v) is 16.4. The normalized spacial score (nSPS) is 20.5. The minimum absolute atomic E-state index is 0.0260. The Kier molecular flexibility index (Phi) is 5.17. The molecule has 1 aliphatic heterocycles.